The highest BCUT2D eigenvalue weighted by molar-refractivity contribution is 7.99. The zero-order valence-electron chi connectivity index (χ0n) is 20.5. The molecule has 8 nitrogen and oxygen atoms in total. The SMILES string of the molecule is C=CCn1c(SCC(=O)Nc2ccc(OC)cc2)nnc1[C@@H](CC(C)C)NC(=O)c1ccccc1Cl. The van der Waals surface area contributed by atoms with Crippen molar-refractivity contribution in [1.82, 2.24) is 20.1 Å². The first-order chi connectivity index (χ1) is 17.3. The largest absolute Gasteiger partial charge is 0.497 e. The van der Waals surface area contributed by atoms with Crippen molar-refractivity contribution in [2.45, 2.75) is 38.0 Å². The van der Waals surface area contributed by atoms with Crippen molar-refractivity contribution in [3.8, 4) is 5.75 Å². The van der Waals surface area contributed by atoms with Crippen molar-refractivity contribution in [2.24, 2.45) is 5.92 Å². The zero-order chi connectivity index (χ0) is 26.1. The Morgan fingerprint density at radius 2 is 1.89 bits per heavy atom. The van der Waals surface area contributed by atoms with E-state index in [0.717, 1.165) is 0 Å². The van der Waals surface area contributed by atoms with Crippen molar-refractivity contribution < 1.29 is 14.3 Å². The van der Waals surface area contributed by atoms with Crippen molar-refractivity contribution in [3.63, 3.8) is 0 Å². The number of amides is 2. The molecule has 2 N–H and O–H groups in total. The molecule has 1 atom stereocenters. The minimum atomic E-state index is -0.399. The van der Waals surface area contributed by atoms with Crippen LogP contribution >= 0.6 is 23.4 Å². The first-order valence-electron chi connectivity index (χ1n) is 11.5. The summed E-state index contributed by atoms with van der Waals surface area (Å²) in [5, 5.41) is 15.6. The minimum absolute atomic E-state index is 0.141. The summed E-state index contributed by atoms with van der Waals surface area (Å²) in [6.07, 6.45) is 2.38. The molecule has 36 heavy (non-hydrogen) atoms. The van der Waals surface area contributed by atoms with Gasteiger partial charge in [-0.3, -0.25) is 9.59 Å². The van der Waals surface area contributed by atoms with Gasteiger partial charge in [0.1, 0.15) is 5.75 Å². The molecule has 1 aromatic heterocycles. The number of aromatic nitrogens is 3. The third-order valence-electron chi connectivity index (χ3n) is 5.21. The summed E-state index contributed by atoms with van der Waals surface area (Å²) in [5.41, 5.74) is 1.07. The number of methoxy groups -OCH3 is 1. The van der Waals surface area contributed by atoms with E-state index in [0.29, 0.717) is 46.0 Å². The van der Waals surface area contributed by atoms with Crippen molar-refractivity contribution in [3.05, 3.63) is 77.6 Å². The Hall–Kier alpha value is -3.30. The van der Waals surface area contributed by atoms with E-state index in [2.05, 4.69) is 41.3 Å². The summed E-state index contributed by atoms with van der Waals surface area (Å²) < 4.78 is 7.01. The third-order valence-corrected chi connectivity index (χ3v) is 6.50. The van der Waals surface area contributed by atoms with Crippen LogP contribution in [0.2, 0.25) is 5.02 Å². The number of allylic oxidation sites excluding steroid dienone is 1. The molecule has 10 heteroatoms. The monoisotopic (exact) mass is 527 g/mol. The molecule has 0 bridgehead atoms. The van der Waals surface area contributed by atoms with Gasteiger partial charge in [-0.2, -0.15) is 0 Å². The van der Waals surface area contributed by atoms with E-state index in [1.807, 2.05) is 4.57 Å². The van der Waals surface area contributed by atoms with Gasteiger partial charge in [-0.1, -0.05) is 55.4 Å². The first kappa shape index (κ1) is 27.3. The second kappa shape index (κ2) is 13.1. The second-order valence-electron chi connectivity index (χ2n) is 8.44. The lowest BCUT2D eigenvalue weighted by Crippen LogP contribution is -2.32. The van der Waals surface area contributed by atoms with Gasteiger partial charge in [0, 0.05) is 12.2 Å². The van der Waals surface area contributed by atoms with E-state index in [1.54, 1.807) is 61.7 Å². The maximum Gasteiger partial charge on any atom is 0.253 e. The maximum atomic E-state index is 13.0. The van der Waals surface area contributed by atoms with Crippen LogP contribution in [0.5, 0.6) is 5.75 Å². The zero-order valence-corrected chi connectivity index (χ0v) is 22.1. The lowest BCUT2D eigenvalue weighted by Gasteiger charge is -2.21. The van der Waals surface area contributed by atoms with Gasteiger partial charge in [0.25, 0.3) is 5.91 Å². The lowest BCUT2D eigenvalue weighted by molar-refractivity contribution is -0.113. The molecule has 2 aromatic carbocycles. The number of ether oxygens (including phenoxy) is 1. The number of carbonyl (C=O) groups excluding carboxylic acids is 2. The van der Waals surface area contributed by atoms with Crippen LogP contribution in [0.4, 0.5) is 5.69 Å². The number of benzene rings is 2. The van der Waals surface area contributed by atoms with E-state index in [4.69, 9.17) is 16.3 Å². The second-order valence-corrected chi connectivity index (χ2v) is 9.79. The molecule has 3 rings (SSSR count). The van der Waals surface area contributed by atoms with Gasteiger partial charge in [-0.15, -0.1) is 16.8 Å². The number of hydrogen-bond donors (Lipinski definition) is 2. The molecule has 2 amide bonds. The lowest BCUT2D eigenvalue weighted by atomic mass is 10.0. The van der Waals surface area contributed by atoms with Gasteiger partial charge in [0.15, 0.2) is 11.0 Å². The Balaban J connectivity index is 1.75. The molecule has 0 fully saturated rings. The first-order valence-corrected chi connectivity index (χ1v) is 12.8. The van der Waals surface area contributed by atoms with Gasteiger partial charge < -0.3 is 19.9 Å². The number of nitrogens with zero attached hydrogens (tertiary/aromatic N) is 3. The summed E-state index contributed by atoms with van der Waals surface area (Å²) in [6, 6.07) is 13.6. The molecule has 190 valence electrons. The van der Waals surface area contributed by atoms with Crippen molar-refractivity contribution in [2.75, 3.05) is 18.2 Å². The molecule has 0 saturated carbocycles. The van der Waals surface area contributed by atoms with Gasteiger partial charge in [-0.05, 0) is 48.7 Å². The Bertz CT molecular complexity index is 1200. The summed E-state index contributed by atoms with van der Waals surface area (Å²) in [4.78, 5) is 25.5. The predicted octanol–water partition coefficient (Wildman–Crippen LogP) is 5.37. The summed E-state index contributed by atoms with van der Waals surface area (Å²) >= 11 is 7.50. The summed E-state index contributed by atoms with van der Waals surface area (Å²) in [6.45, 7) is 8.42. The normalized spacial score (nSPS) is 11.7. The molecule has 0 unspecified atom stereocenters. The highest BCUT2D eigenvalue weighted by Crippen LogP contribution is 2.26. The summed E-state index contributed by atoms with van der Waals surface area (Å²) in [5.74, 6) is 1.27. The minimum Gasteiger partial charge on any atom is -0.497 e. The number of rotatable bonds is 12. The van der Waals surface area contributed by atoms with Gasteiger partial charge in [0.05, 0.1) is 29.5 Å². The quantitative estimate of drug-likeness (QED) is 0.242. The number of halogens is 1. The number of anilines is 1. The maximum absolute atomic E-state index is 13.0. The van der Waals surface area contributed by atoms with Gasteiger partial charge in [0.2, 0.25) is 5.91 Å². The van der Waals surface area contributed by atoms with Crippen LogP contribution in [-0.4, -0.2) is 39.4 Å². The number of carbonyl (C=O) groups is 2. The number of hydrogen-bond acceptors (Lipinski definition) is 6. The highest BCUT2D eigenvalue weighted by Gasteiger charge is 2.25. The molecule has 0 aliphatic rings. The smallest absolute Gasteiger partial charge is 0.253 e. The molecular formula is C26H30ClN5O3S. The predicted molar refractivity (Wildman–Crippen MR) is 144 cm³/mol. The summed E-state index contributed by atoms with van der Waals surface area (Å²) in [7, 11) is 1.59. The van der Waals surface area contributed by atoms with E-state index in [-0.39, 0.29) is 23.5 Å². The Labute approximate surface area is 220 Å². The Morgan fingerprint density at radius 3 is 2.53 bits per heavy atom. The van der Waals surface area contributed by atoms with Crippen molar-refractivity contribution >= 4 is 40.9 Å². The van der Waals surface area contributed by atoms with E-state index < -0.39 is 6.04 Å². The Kier molecular flexibility index (Phi) is 9.95. The topological polar surface area (TPSA) is 98.1 Å². The van der Waals surface area contributed by atoms with Crippen LogP contribution in [0.3, 0.4) is 0 Å². The molecule has 1 heterocycles. The van der Waals surface area contributed by atoms with E-state index in [1.165, 1.54) is 11.8 Å². The molecule has 0 aliphatic carbocycles. The molecule has 0 spiro atoms. The van der Waals surface area contributed by atoms with E-state index in [9.17, 15) is 9.59 Å². The fourth-order valence-corrected chi connectivity index (χ4v) is 4.52. The number of nitrogens with one attached hydrogen (secondary N) is 2. The van der Waals surface area contributed by atoms with Gasteiger partial charge >= 0.3 is 0 Å². The van der Waals surface area contributed by atoms with E-state index >= 15 is 0 Å². The van der Waals surface area contributed by atoms with Crippen LogP contribution < -0.4 is 15.4 Å². The van der Waals surface area contributed by atoms with Crippen LogP contribution in [0.25, 0.3) is 0 Å². The fourth-order valence-electron chi connectivity index (χ4n) is 3.55. The standard InChI is InChI=1S/C26H30ClN5O3S/c1-5-14-32-24(22(15-17(2)3)29-25(34)20-8-6-7-9-21(20)27)30-31-26(32)36-16-23(33)28-18-10-12-19(35-4)13-11-18/h5-13,17,22H,1,14-16H2,2-4H3,(H,28,33)(H,29,34)/t22-/m1/s1. The molecule has 0 aliphatic heterocycles. The van der Waals surface area contributed by atoms with Crippen LogP contribution in [-0.2, 0) is 11.3 Å². The third kappa shape index (κ3) is 7.35. The molecule has 3 aromatic rings. The van der Waals surface area contributed by atoms with Crippen LogP contribution in [0.1, 0.15) is 42.5 Å². The average Bonchev–Trinajstić information content (AvgIpc) is 3.25. The average molecular weight is 528 g/mol. The van der Waals surface area contributed by atoms with Crippen molar-refractivity contribution in [1.29, 1.82) is 0 Å². The van der Waals surface area contributed by atoms with Gasteiger partial charge in [-0.25, -0.2) is 0 Å². The molecular weight excluding hydrogens is 498 g/mol. The van der Waals surface area contributed by atoms with Crippen LogP contribution in [0.15, 0.2) is 66.3 Å². The highest BCUT2D eigenvalue weighted by atomic mass is 35.5. The molecule has 0 saturated heterocycles. The fraction of sp³-hybridized carbons (Fsp3) is 0.308. The number of thioether (sulfide) groups is 1. The Morgan fingerprint density at radius 1 is 1.17 bits per heavy atom. The molecule has 0 radical (unpaired) electrons. The van der Waals surface area contributed by atoms with Crippen LogP contribution in [0, 0.1) is 5.92 Å².